The van der Waals surface area contributed by atoms with E-state index in [9.17, 15) is 24.5 Å². The molecule has 0 radical (unpaired) electrons. The number of halogens is 1. The van der Waals surface area contributed by atoms with Gasteiger partial charge in [0.1, 0.15) is 29.1 Å². The standard InChI is InChI=1S/C18H13FN4O4/c1-27-18-12(9-21)16(10-4-2-3-5-13(10)19)11(8-20)17(23-18)22-14(24)6-7-15(25)26/h2-5H,6-7H2,1H3,(H,25,26)(H,22,23,24). The Bertz CT molecular complexity index is 992. The second-order valence-electron chi connectivity index (χ2n) is 5.24. The summed E-state index contributed by atoms with van der Waals surface area (Å²) in [6.45, 7) is 0. The van der Waals surface area contributed by atoms with Gasteiger partial charge in [-0.2, -0.15) is 15.5 Å². The maximum absolute atomic E-state index is 14.3. The lowest BCUT2D eigenvalue weighted by molar-refractivity contribution is -0.138. The van der Waals surface area contributed by atoms with Crippen molar-refractivity contribution in [3.8, 4) is 29.1 Å². The van der Waals surface area contributed by atoms with Crippen LogP contribution in [0.15, 0.2) is 24.3 Å². The van der Waals surface area contributed by atoms with Gasteiger partial charge in [0.25, 0.3) is 0 Å². The van der Waals surface area contributed by atoms with Gasteiger partial charge in [0.2, 0.25) is 11.8 Å². The summed E-state index contributed by atoms with van der Waals surface area (Å²) in [7, 11) is 1.23. The van der Waals surface area contributed by atoms with E-state index in [2.05, 4.69) is 10.3 Å². The summed E-state index contributed by atoms with van der Waals surface area (Å²) < 4.78 is 19.4. The van der Waals surface area contributed by atoms with Crippen molar-refractivity contribution >= 4 is 17.7 Å². The molecule has 2 N–H and O–H groups in total. The van der Waals surface area contributed by atoms with Crippen LogP contribution in [0.3, 0.4) is 0 Å². The number of benzene rings is 1. The zero-order chi connectivity index (χ0) is 20.0. The first-order valence-corrected chi connectivity index (χ1v) is 7.61. The van der Waals surface area contributed by atoms with Crippen LogP contribution in [-0.4, -0.2) is 29.1 Å². The molecule has 0 aliphatic carbocycles. The van der Waals surface area contributed by atoms with Crippen molar-refractivity contribution in [2.45, 2.75) is 12.8 Å². The zero-order valence-corrected chi connectivity index (χ0v) is 14.1. The van der Waals surface area contributed by atoms with Gasteiger partial charge in [0.15, 0.2) is 5.82 Å². The largest absolute Gasteiger partial charge is 0.481 e. The van der Waals surface area contributed by atoms with Crippen molar-refractivity contribution in [3.05, 3.63) is 41.2 Å². The van der Waals surface area contributed by atoms with Crippen molar-refractivity contribution in [2.24, 2.45) is 0 Å². The number of hydrogen-bond donors (Lipinski definition) is 2. The molecule has 2 aromatic rings. The third kappa shape index (κ3) is 4.17. The van der Waals surface area contributed by atoms with E-state index in [1.54, 1.807) is 0 Å². The number of nitrogens with zero attached hydrogens (tertiary/aromatic N) is 3. The van der Waals surface area contributed by atoms with Crippen molar-refractivity contribution in [3.63, 3.8) is 0 Å². The average molecular weight is 368 g/mol. The number of methoxy groups -OCH3 is 1. The van der Waals surface area contributed by atoms with Gasteiger partial charge < -0.3 is 15.2 Å². The minimum absolute atomic E-state index is 0.0349. The van der Waals surface area contributed by atoms with Crippen LogP contribution in [0.4, 0.5) is 10.2 Å². The highest BCUT2D eigenvalue weighted by Gasteiger charge is 2.24. The summed E-state index contributed by atoms with van der Waals surface area (Å²) in [5, 5.41) is 30.0. The molecule has 0 aliphatic heterocycles. The number of ether oxygens (including phenoxy) is 1. The maximum Gasteiger partial charge on any atom is 0.303 e. The number of aromatic nitrogens is 1. The molecular weight excluding hydrogens is 355 g/mol. The Morgan fingerprint density at radius 1 is 1.22 bits per heavy atom. The molecule has 1 aromatic carbocycles. The van der Waals surface area contributed by atoms with Gasteiger partial charge in [0.05, 0.1) is 13.5 Å². The van der Waals surface area contributed by atoms with Crippen molar-refractivity contribution in [1.82, 2.24) is 4.98 Å². The summed E-state index contributed by atoms with van der Waals surface area (Å²) in [6, 6.07) is 9.17. The smallest absolute Gasteiger partial charge is 0.303 e. The number of rotatable bonds is 6. The van der Waals surface area contributed by atoms with E-state index >= 15 is 0 Å². The highest BCUT2D eigenvalue weighted by molar-refractivity contribution is 5.95. The molecule has 9 heteroatoms. The molecule has 8 nitrogen and oxygen atoms in total. The zero-order valence-electron chi connectivity index (χ0n) is 14.1. The van der Waals surface area contributed by atoms with Gasteiger partial charge in [-0.3, -0.25) is 9.59 Å². The third-order valence-electron chi connectivity index (χ3n) is 3.55. The first-order valence-electron chi connectivity index (χ1n) is 7.61. The lowest BCUT2D eigenvalue weighted by atomic mass is 9.96. The quantitative estimate of drug-likeness (QED) is 0.799. The molecule has 1 amide bonds. The number of hydrogen-bond acceptors (Lipinski definition) is 6. The molecule has 0 fully saturated rings. The number of carboxylic acids is 1. The number of carbonyl (C=O) groups is 2. The number of carbonyl (C=O) groups excluding carboxylic acids is 1. The van der Waals surface area contributed by atoms with E-state index in [1.807, 2.05) is 12.1 Å². The Balaban J connectivity index is 2.67. The number of nitriles is 2. The Kier molecular flexibility index (Phi) is 6.02. The Hall–Kier alpha value is -3.98. The molecule has 1 aromatic heterocycles. The van der Waals surface area contributed by atoms with Gasteiger partial charge in [-0.05, 0) is 6.07 Å². The van der Waals surface area contributed by atoms with E-state index < -0.39 is 24.1 Å². The van der Waals surface area contributed by atoms with E-state index in [1.165, 1.54) is 25.3 Å². The lowest BCUT2D eigenvalue weighted by Gasteiger charge is -2.15. The van der Waals surface area contributed by atoms with Gasteiger partial charge >= 0.3 is 5.97 Å². The molecule has 2 rings (SSSR count). The number of carboxylic acid groups (broad SMARTS) is 1. The highest BCUT2D eigenvalue weighted by atomic mass is 19.1. The third-order valence-corrected chi connectivity index (χ3v) is 3.55. The normalized spacial score (nSPS) is 9.78. The van der Waals surface area contributed by atoms with E-state index in [0.29, 0.717) is 0 Å². The van der Waals surface area contributed by atoms with Crippen LogP contribution in [0, 0.1) is 28.5 Å². The molecule has 0 aliphatic rings. The van der Waals surface area contributed by atoms with E-state index in [-0.39, 0.29) is 40.4 Å². The highest BCUT2D eigenvalue weighted by Crippen LogP contribution is 2.37. The van der Waals surface area contributed by atoms with Crippen molar-refractivity contribution < 1.29 is 23.8 Å². The maximum atomic E-state index is 14.3. The molecule has 0 atom stereocenters. The Morgan fingerprint density at radius 3 is 2.44 bits per heavy atom. The van der Waals surface area contributed by atoms with Gasteiger partial charge in [-0.25, -0.2) is 4.39 Å². The summed E-state index contributed by atoms with van der Waals surface area (Å²) in [6.07, 6.45) is -0.763. The van der Waals surface area contributed by atoms with Gasteiger partial charge in [-0.1, -0.05) is 18.2 Å². The monoisotopic (exact) mass is 368 g/mol. The predicted octanol–water partition coefficient (Wildman–Crippen LogP) is 2.44. The number of aliphatic carboxylic acids is 1. The van der Waals surface area contributed by atoms with Crippen LogP contribution >= 0.6 is 0 Å². The molecule has 27 heavy (non-hydrogen) atoms. The summed E-state index contributed by atoms with van der Waals surface area (Å²) in [5.41, 5.74) is -0.505. The SMILES string of the molecule is COc1nc(NC(=O)CCC(=O)O)c(C#N)c(-c2ccccc2F)c1C#N. The molecule has 0 unspecified atom stereocenters. The predicted molar refractivity (Wildman–Crippen MR) is 91.1 cm³/mol. The summed E-state index contributed by atoms with van der Waals surface area (Å²) in [5.74, 6) is -3.00. The van der Waals surface area contributed by atoms with Crippen LogP contribution in [0.2, 0.25) is 0 Å². The molecule has 0 bridgehead atoms. The fraction of sp³-hybridized carbons (Fsp3) is 0.167. The fourth-order valence-corrected chi connectivity index (χ4v) is 2.36. The molecule has 136 valence electrons. The summed E-state index contributed by atoms with van der Waals surface area (Å²) >= 11 is 0. The summed E-state index contributed by atoms with van der Waals surface area (Å²) in [4.78, 5) is 26.5. The first-order chi connectivity index (χ1) is 12.9. The molecule has 0 spiro atoms. The number of pyridine rings is 1. The Morgan fingerprint density at radius 2 is 1.89 bits per heavy atom. The van der Waals surface area contributed by atoms with Crippen LogP contribution in [0.1, 0.15) is 24.0 Å². The first kappa shape index (κ1) is 19.3. The lowest BCUT2D eigenvalue weighted by Crippen LogP contribution is -2.16. The van der Waals surface area contributed by atoms with Crippen LogP contribution in [0.5, 0.6) is 5.88 Å². The minimum Gasteiger partial charge on any atom is -0.481 e. The number of anilines is 1. The van der Waals surface area contributed by atoms with E-state index in [0.717, 1.165) is 6.07 Å². The van der Waals surface area contributed by atoms with Crippen molar-refractivity contribution in [2.75, 3.05) is 12.4 Å². The number of nitrogens with one attached hydrogen (secondary N) is 1. The second-order valence-corrected chi connectivity index (χ2v) is 5.24. The molecule has 0 saturated carbocycles. The molecule has 1 heterocycles. The van der Waals surface area contributed by atoms with Crippen LogP contribution in [0.25, 0.3) is 11.1 Å². The molecular formula is C18H13FN4O4. The Labute approximate surface area is 153 Å². The van der Waals surface area contributed by atoms with Crippen LogP contribution < -0.4 is 10.1 Å². The van der Waals surface area contributed by atoms with Crippen molar-refractivity contribution in [1.29, 1.82) is 10.5 Å². The second kappa shape index (κ2) is 8.41. The number of amides is 1. The minimum atomic E-state index is -1.16. The van der Waals surface area contributed by atoms with Gasteiger partial charge in [-0.15, -0.1) is 0 Å². The average Bonchev–Trinajstić information content (AvgIpc) is 2.65. The van der Waals surface area contributed by atoms with E-state index in [4.69, 9.17) is 9.84 Å². The fourth-order valence-electron chi connectivity index (χ4n) is 2.36. The van der Waals surface area contributed by atoms with Crippen LogP contribution in [-0.2, 0) is 9.59 Å². The molecule has 0 saturated heterocycles. The topological polar surface area (TPSA) is 136 Å². The van der Waals surface area contributed by atoms with Gasteiger partial charge in [0, 0.05) is 17.5 Å².